The highest BCUT2D eigenvalue weighted by Crippen LogP contribution is 2.17. The van der Waals surface area contributed by atoms with E-state index in [2.05, 4.69) is 51.9 Å². The molecule has 4 nitrogen and oxygen atoms in total. The molecule has 2 N–H and O–H groups in total. The minimum Gasteiger partial charge on any atom is -0.313 e. The standard InChI is InChI=1S/C12H16N4/c1-9-3-5-10(6-4-9)12(13-2)7-11-8-14-16-15-11/h3-6,8,12-13H,7H2,1-2H3,(H,14,15,16). The Kier molecular flexibility index (Phi) is 3.31. The zero-order chi connectivity index (χ0) is 11.4. The van der Waals surface area contributed by atoms with Gasteiger partial charge in [-0.2, -0.15) is 15.4 Å². The van der Waals surface area contributed by atoms with Crippen molar-refractivity contribution in [1.82, 2.24) is 20.7 Å². The summed E-state index contributed by atoms with van der Waals surface area (Å²) >= 11 is 0. The average molecular weight is 216 g/mol. The van der Waals surface area contributed by atoms with Crippen LogP contribution in [0.25, 0.3) is 0 Å². The third kappa shape index (κ3) is 2.46. The fourth-order valence-corrected chi connectivity index (χ4v) is 1.72. The number of aryl methyl sites for hydroxylation is 1. The van der Waals surface area contributed by atoms with Crippen molar-refractivity contribution in [2.24, 2.45) is 0 Å². The van der Waals surface area contributed by atoms with Gasteiger partial charge in [-0.3, -0.25) is 0 Å². The first-order valence-electron chi connectivity index (χ1n) is 5.38. The molecule has 1 unspecified atom stereocenters. The molecule has 0 amide bonds. The SMILES string of the molecule is CNC(Cc1cn[nH]n1)c1ccc(C)cc1. The molecule has 2 rings (SSSR count). The summed E-state index contributed by atoms with van der Waals surface area (Å²) in [6.07, 6.45) is 2.61. The van der Waals surface area contributed by atoms with Crippen LogP contribution in [0.1, 0.15) is 22.9 Å². The zero-order valence-corrected chi connectivity index (χ0v) is 9.57. The van der Waals surface area contributed by atoms with Gasteiger partial charge in [-0.1, -0.05) is 29.8 Å². The van der Waals surface area contributed by atoms with Crippen LogP contribution in [0.3, 0.4) is 0 Å². The van der Waals surface area contributed by atoms with Crippen LogP contribution in [0.15, 0.2) is 30.5 Å². The Morgan fingerprint density at radius 1 is 1.31 bits per heavy atom. The summed E-state index contributed by atoms with van der Waals surface area (Å²) in [5.41, 5.74) is 3.52. The molecule has 0 spiro atoms. The van der Waals surface area contributed by atoms with E-state index >= 15 is 0 Å². The average Bonchev–Trinajstić information content (AvgIpc) is 2.80. The van der Waals surface area contributed by atoms with E-state index in [0.29, 0.717) is 0 Å². The Morgan fingerprint density at radius 3 is 2.62 bits per heavy atom. The Balaban J connectivity index is 2.13. The summed E-state index contributed by atoms with van der Waals surface area (Å²) < 4.78 is 0. The van der Waals surface area contributed by atoms with Gasteiger partial charge < -0.3 is 5.32 Å². The minimum absolute atomic E-state index is 0.283. The number of rotatable bonds is 4. The maximum absolute atomic E-state index is 4.07. The van der Waals surface area contributed by atoms with Gasteiger partial charge in [-0.25, -0.2) is 0 Å². The number of hydrogen-bond acceptors (Lipinski definition) is 3. The molecule has 0 fully saturated rings. The van der Waals surface area contributed by atoms with Crippen molar-refractivity contribution < 1.29 is 0 Å². The number of aromatic nitrogens is 3. The molecule has 0 bridgehead atoms. The lowest BCUT2D eigenvalue weighted by atomic mass is 10.0. The molecule has 0 aliphatic heterocycles. The van der Waals surface area contributed by atoms with Gasteiger partial charge in [0.15, 0.2) is 0 Å². The van der Waals surface area contributed by atoms with E-state index in [9.17, 15) is 0 Å². The molecule has 0 aliphatic carbocycles. The Bertz CT molecular complexity index is 419. The molecular formula is C12H16N4. The molecule has 1 aromatic carbocycles. The second-order valence-electron chi connectivity index (χ2n) is 3.92. The van der Waals surface area contributed by atoms with Crippen molar-refractivity contribution in [1.29, 1.82) is 0 Å². The number of nitrogens with one attached hydrogen (secondary N) is 2. The number of hydrogen-bond donors (Lipinski definition) is 2. The van der Waals surface area contributed by atoms with Gasteiger partial charge in [0.05, 0.1) is 11.9 Å². The quantitative estimate of drug-likeness (QED) is 0.816. The molecule has 0 aliphatic rings. The second kappa shape index (κ2) is 4.90. The summed E-state index contributed by atoms with van der Waals surface area (Å²) in [5.74, 6) is 0. The van der Waals surface area contributed by atoms with E-state index < -0.39 is 0 Å². The third-order valence-electron chi connectivity index (χ3n) is 2.71. The fraction of sp³-hybridized carbons (Fsp3) is 0.333. The molecule has 0 saturated carbocycles. The molecular weight excluding hydrogens is 200 g/mol. The van der Waals surface area contributed by atoms with E-state index in [1.54, 1.807) is 6.20 Å². The zero-order valence-electron chi connectivity index (χ0n) is 9.57. The first-order valence-corrected chi connectivity index (χ1v) is 5.38. The van der Waals surface area contributed by atoms with Crippen LogP contribution in [0.5, 0.6) is 0 Å². The molecule has 2 aromatic rings. The summed E-state index contributed by atoms with van der Waals surface area (Å²) in [6, 6.07) is 8.84. The predicted molar refractivity (Wildman–Crippen MR) is 63.1 cm³/mol. The van der Waals surface area contributed by atoms with Crippen molar-refractivity contribution in [3.05, 3.63) is 47.3 Å². The van der Waals surface area contributed by atoms with Gasteiger partial charge in [0, 0.05) is 12.5 Å². The number of likely N-dealkylation sites (N-methyl/N-ethyl adjacent to an activating group) is 1. The van der Waals surface area contributed by atoms with Gasteiger partial charge in [-0.05, 0) is 19.5 Å². The monoisotopic (exact) mass is 216 g/mol. The Morgan fingerprint density at radius 2 is 2.06 bits per heavy atom. The predicted octanol–water partition coefficient (Wildman–Crippen LogP) is 1.62. The summed E-state index contributed by atoms with van der Waals surface area (Å²) in [4.78, 5) is 0. The minimum atomic E-state index is 0.283. The highest BCUT2D eigenvalue weighted by molar-refractivity contribution is 5.25. The van der Waals surface area contributed by atoms with Crippen LogP contribution in [0.4, 0.5) is 0 Å². The van der Waals surface area contributed by atoms with Crippen LogP contribution in [-0.4, -0.2) is 22.5 Å². The smallest absolute Gasteiger partial charge is 0.0843 e. The number of H-pyrrole nitrogens is 1. The second-order valence-corrected chi connectivity index (χ2v) is 3.92. The van der Waals surface area contributed by atoms with E-state index in [-0.39, 0.29) is 6.04 Å². The van der Waals surface area contributed by atoms with Crippen LogP contribution >= 0.6 is 0 Å². The topological polar surface area (TPSA) is 53.6 Å². The third-order valence-corrected chi connectivity index (χ3v) is 2.71. The molecule has 84 valence electrons. The van der Waals surface area contributed by atoms with E-state index in [4.69, 9.17) is 0 Å². The lowest BCUT2D eigenvalue weighted by Gasteiger charge is -2.15. The molecule has 1 aromatic heterocycles. The molecule has 4 heteroatoms. The van der Waals surface area contributed by atoms with E-state index in [0.717, 1.165) is 12.1 Å². The summed E-state index contributed by atoms with van der Waals surface area (Å²) in [6.45, 7) is 2.09. The first-order chi connectivity index (χ1) is 7.79. The van der Waals surface area contributed by atoms with Gasteiger partial charge in [0.2, 0.25) is 0 Å². The molecule has 1 heterocycles. The van der Waals surface area contributed by atoms with E-state index in [1.165, 1.54) is 11.1 Å². The Hall–Kier alpha value is -1.68. The van der Waals surface area contributed by atoms with Crippen molar-refractivity contribution in [2.75, 3.05) is 7.05 Å². The lowest BCUT2D eigenvalue weighted by Crippen LogP contribution is -2.19. The van der Waals surface area contributed by atoms with Crippen LogP contribution < -0.4 is 5.32 Å². The first kappa shape index (κ1) is 10.8. The normalized spacial score (nSPS) is 12.6. The maximum Gasteiger partial charge on any atom is 0.0843 e. The lowest BCUT2D eigenvalue weighted by molar-refractivity contribution is 0.583. The number of benzene rings is 1. The summed E-state index contributed by atoms with van der Waals surface area (Å²) in [5, 5.41) is 13.8. The molecule has 0 saturated heterocycles. The van der Waals surface area contributed by atoms with Crippen molar-refractivity contribution >= 4 is 0 Å². The number of aromatic amines is 1. The summed E-state index contributed by atoms with van der Waals surface area (Å²) in [7, 11) is 1.96. The fourth-order valence-electron chi connectivity index (χ4n) is 1.72. The van der Waals surface area contributed by atoms with Crippen molar-refractivity contribution in [2.45, 2.75) is 19.4 Å². The number of nitrogens with zero attached hydrogens (tertiary/aromatic N) is 2. The van der Waals surface area contributed by atoms with Crippen LogP contribution in [0.2, 0.25) is 0 Å². The van der Waals surface area contributed by atoms with Gasteiger partial charge in [0.1, 0.15) is 0 Å². The van der Waals surface area contributed by atoms with Crippen LogP contribution in [0, 0.1) is 6.92 Å². The highest BCUT2D eigenvalue weighted by Gasteiger charge is 2.11. The van der Waals surface area contributed by atoms with E-state index in [1.807, 2.05) is 7.05 Å². The highest BCUT2D eigenvalue weighted by atomic mass is 15.3. The van der Waals surface area contributed by atoms with Gasteiger partial charge >= 0.3 is 0 Å². The van der Waals surface area contributed by atoms with Gasteiger partial charge in [-0.15, -0.1) is 0 Å². The van der Waals surface area contributed by atoms with Crippen molar-refractivity contribution in [3.8, 4) is 0 Å². The maximum atomic E-state index is 4.07. The largest absolute Gasteiger partial charge is 0.313 e. The van der Waals surface area contributed by atoms with Gasteiger partial charge in [0.25, 0.3) is 0 Å². The molecule has 16 heavy (non-hydrogen) atoms. The Labute approximate surface area is 95.1 Å². The molecule has 1 atom stereocenters. The van der Waals surface area contributed by atoms with Crippen LogP contribution in [-0.2, 0) is 6.42 Å². The van der Waals surface area contributed by atoms with Crippen molar-refractivity contribution in [3.63, 3.8) is 0 Å². The molecule has 0 radical (unpaired) electrons.